The summed E-state index contributed by atoms with van der Waals surface area (Å²) in [5.74, 6) is -1.56. The number of ether oxygens (including phenoxy) is 2. The third kappa shape index (κ3) is 9.23. The number of para-hydroxylation sites is 1. The number of fused-ring (bicyclic) bond motifs is 3. The van der Waals surface area contributed by atoms with Gasteiger partial charge in [0.25, 0.3) is 11.9 Å². The Morgan fingerprint density at radius 3 is 2.49 bits per heavy atom. The van der Waals surface area contributed by atoms with E-state index in [0.717, 1.165) is 55.7 Å². The van der Waals surface area contributed by atoms with Gasteiger partial charge >= 0.3 is 6.09 Å². The van der Waals surface area contributed by atoms with Crippen LogP contribution in [0.4, 0.5) is 10.6 Å². The second-order valence-corrected chi connectivity index (χ2v) is 21.6. The zero-order chi connectivity index (χ0) is 44.9. The molecular formula is C45H61N9O8S. The van der Waals surface area contributed by atoms with E-state index >= 15 is 0 Å². The Morgan fingerprint density at radius 2 is 1.78 bits per heavy atom. The van der Waals surface area contributed by atoms with Crippen LogP contribution in [0.2, 0.25) is 0 Å². The van der Waals surface area contributed by atoms with Crippen molar-refractivity contribution in [1.29, 1.82) is 0 Å². The maximum atomic E-state index is 14.8. The van der Waals surface area contributed by atoms with E-state index in [1.54, 1.807) is 40.1 Å². The van der Waals surface area contributed by atoms with Crippen LogP contribution in [0.3, 0.4) is 0 Å². The number of allylic oxidation sites excluding steroid dienone is 1. The van der Waals surface area contributed by atoms with Gasteiger partial charge in [0.2, 0.25) is 21.8 Å². The molecule has 2 aliphatic carbocycles. The van der Waals surface area contributed by atoms with Gasteiger partial charge in [-0.05, 0) is 99.0 Å². The lowest BCUT2D eigenvalue weighted by Crippen LogP contribution is -2.58. The monoisotopic (exact) mass is 887 g/mol. The minimum atomic E-state index is -4.01. The molecule has 0 bridgehead atoms. The zero-order valence-corrected chi connectivity index (χ0v) is 38.0. The molecular weight excluding hydrogens is 827 g/mol. The van der Waals surface area contributed by atoms with Crippen molar-refractivity contribution in [2.24, 2.45) is 5.92 Å². The van der Waals surface area contributed by atoms with Crippen LogP contribution in [0, 0.1) is 5.92 Å². The molecule has 3 N–H and O–H groups in total. The number of carbonyl (C=O) groups is 4. The Bertz CT molecular complexity index is 2400. The fraction of sp³-hybridized carbons (Fsp3) is 0.622. The molecule has 4 fully saturated rings. The molecule has 3 aromatic rings. The van der Waals surface area contributed by atoms with Crippen molar-refractivity contribution in [3.8, 4) is 17.3 Å². The molecule has 340 valence electrons. The predicted molar refractivity (Wildman–Crippen MR) is 236 cm³/mol. The maximum absolute atomic E-state index is 14.8. The molecule has 2 saturated heterocycles. The lowest BCUT2D eigenvalue weighted by atomic mass is 10.0. The summed E-state index contributed by atoms with van der Waals surface area (Å²) in [5, 5.41) is 5.71. The van der Waals surface area contributed by atoms with Crippen molar-refractivity contribution in [3.63, 3.8) is 0 Å². The maximum Gasteiger partial charge on any atom is 0.408 e. The van der Waals surface area contributed by atoms with Gasteiger partial charge in [-0.2, -0.15) is 4.98 Å². The van der Waals surface area contributed by atoms with Crippen molar-refractivity contribution in [2.75, 3.05) is 24.5 Å². The molecule has 0 spiro atoms. The number of alkyl carbamates (subject to hydrolysis) is 1. The molecule has 63 heavy (non-hydrogen) atoms. The highest BCUT2D eigenvalue weighted by atomic mass is 32.2. The largest absolute Gasteiger partial charge is 0.459 e. The number of rotatable bonds is 9. The van der Waals surface area contributed by atoms with Crippen LogP contribution in [0.5, 0.6) is 6.01 Å². The fourth-order valence-corrected chi connectivity index (χ4v) is 10.3. The molecule has 0 radical (unpaired) electrons. The predicted octanol–water partition coefficient (Wildman–Crippen LogP) is 5.31. The van der Waals surface area contributed by atoms with E-state index in [4.69, 9.17) is 19.4 Å². The van der Waals surface area contributed by atoms with Crippen LogP contribution in [0.1, 0.15) is 118 Å². The van der Waals surface area contributed by atoms with E-state index in [1.165, 1.54) is 4.90 Å². The van der Waals surface area contributed by atoms with Crippen LogP contribution >= 0.6 is 0 Å². The normalized spacial score (nSPS) is 26.8. The summed E-state index contributed by atoms with van der Waals surface area (Å²) in [6.07, 6.45) is 12.3. The average Bonchev–Trinajstić information content (AvgIpc) is 3.85. The SMILES string of the molecule is CC(C)n1c(O[C@@H]2C[C@H]3C(=O)N[C@]4(C(=O)NS(=O)(=O)C5(C)CC5)C[C@H]4/C=C\CCCCC[C@H](NC(=O)OC(C)(C)C)C(=O)N3C2)nc2c(-c3cncc(N4CCCC4)n3)cccc21. The topological polar surface area (TPSA) is 207 Å². The second kappa shape index (κ2) is 17.0. The number of sulfonamides is 1. The van der Waals surface area contributed by atoms with Crippen molar-refractivity contribution >= 4 is 50.7 Å². The highest BCUT2D eigenvalue weighted by Gasteiger charge is 2.63. The van der Waals surface area contributed by atoms with Crippen molar-refractivity contribution in [3.05, 3.63) is 42.7 Å². The van der Waals surface area contributed by atoms with Gasteiger partial charge in [-0.25, -0.2) is 18.2 Å². The molecule has 17 nitrogen and oxygen atoms in total. The molecule has 5 atom stereocenters. The summed E-state index contributed by atoms with van der Waals surface area (Å²) < 4.78 is 42.1. The molecule has 2 saturated carbocycles. The lowest BCUT2D eigenvalue weighted by Gasteiger charge is -2.30. The van der Waals surface area contributed by atoms with Crippen LogP contribution in [0.25, 0.3) is 22.3 Å². The van der Waals surface area contributed by atoms with Gasteiger partial charge in [0, 0.05) is 37.0 Å². The van der Waals surface area contributed by atoms with Crippen LogP contribution in [-0.2, 0) is 29.1 Å². The Balaban J connectivity index is 1.12. The lowest BCUT2D eigenvalue weighted by molar-refractivity contribution is -0.141. The van der Waals surface area contributed by atoms with E-state index in [1.807, 2.05) is 48.8 Å². The molecule has 8 rings (SSSR count). The van der Waals surface area contributed by atoms with Gasteiger partial charge in [0.15, 0.2) is 0 Å². The molecule has 1 aromatic carbocycles. The third-order valence-corrected chi connectivity index (χ3v) is 15.1. The zero-order valence-electron chi connectivity index (χ0n) is 37.2. The smallest absolute Gasteiger partial charge is 0.408 e. The van der Waals surface area contributed by atoms with Gasteiger partial charge in [0.05, 0.1) is 34.9 Å². The van der Waals surface area contributed by atoms with E-state index in [0.29, 0.717) is 49.3 Å². The minimum Gasteiger partial charge on any atom is -0.459 e. The van der Waals surface area contributed by atoms with E-state index in [2.05, 4.69) is 25.2 Å². The summed E-state index contributed by atoms with van der Waals surface area (Å²) >= 11 is 0. The van der Waals surface area contributed by atoms with Crippen molar-refractivity contribution < 1.29 is 37.1 Å². The Labute approximate surface area is 369 Å². The summed E-state index contributed by atoms with van der Waals surface area (Å²) in [4.78, 5) is 74.9. The Morgan fingerprint density at radius 1 is 1.02 bits per heavy atom. The summed E-state index contributed by atoms with van der Waals surface area (Å²) in [5.41, 5.74) is 0.569. The highest BCUT2D eigenvalue weighted by Crippen LogP contribution is 2.47. The molecule has 5 aliphatic rings. The molecule has 2 aromatic heterocycles. The Kier molecular flexibility index (Phi) is 12.0. The first-order valence-electron chi connectivity index (χ1n) is 22.5. The minimum absolute atomic E-state index is 0.0306. The van der Waals surface area contributed by atoms with E-state index in [-0.39, 0.29) is 25.4 Å². The Hall–Kier alpha value is -5.26. The number of imidazole rings is 1. The molecule has 0 unspecified atom stereocenters. The molecule has 4 amide bonds. The first-order valence-corrected chi connectivity index (χ1v) is 24.0. The number of benzene rings is 1. The quantitative estimate of drug-likeness (QED) is 0.234. The van der Waals surface area contributed by atoms with Gasteiger partial charge in [-0.15, -0.1) is 0 Å². The number of nitrogens with one attached hydrogen (secondary N) is 3. The number of anilines is 1. The molecule has 3 aliphatic heterocycles. The van der Waals surface area contributed by atoms with E-state index in [9.17, 15) is 27.6 Å². The number of hydrogen-bond donors (Lipinski definition) is 3. The number of carbonyl (C=O) groups excluding carboxylic acids is 4. The summed E-state index contributed by atoms with van der Waals surface area (Å²) in [7, 11) is -4.01. The second-order valence-electron chi connectivity index (χ2n) is 19.4. The van der Waals surface area contributed by atoms with Gasteiger partial charge < -0.3 is 29.9 Å². The molecule has 5 heterocycles. The van der Waals surface area contributed by atoms with Crippen LogP contribution in [-0.4, -0.2) is 110 Å². The average molecular weight is 888 g/mol. The third-order valence-electron chi connectivity index (χ3n) is 13.0. The van der Waals surface area contributed by atoms with Crippen LogP contribution < -0.4 is 25.0 Å². The standard InChI is InChI=1S/C45H61N9O8S/c1-28(2)54-34-18-14-16-31(33-25-46-26-36(47-33)52-21-12-13-22-52)37(34)49-41(54)61-30-23-35-38(55)50-45(40(57)51-63(59,60)44(6)19-20-44)24-29(45)15-10-8-7-9-11-17-32(39(56)53(35)27-30)48-42(58)62-43(3,4)5/h10,14-16,18,25-26,28-30,32,35H,7-9,11-13,17,19-24,27H2,1-6H3,(H,48,58)(H,50,55)(H,51,57)/b15-10-/t29-,30-,32+,35+,45-/m1/s1. The van der Waals surface area contributed by atoms with E-state index < -0.39 is 73.8 Å². The van der Waals surface area contributed by atoms with Crippen molar-refractivity contribution in [1.82, 2.24) is 39.8 Å². The summed E-state index contributed by atoms with van der Waals surface area (Å²) in [6, 6.07) is 3.90. The molecule has 18 heteroatoms. The first-order chi connectivity index (χ1) is 29.9. The van der Waals surface area contributed by atoms with Gasteiger partial charge in [-0.1, -0.05) is 37.1 Å². The first kappa shape index (κ1) is 44.4. The summed E-state index contributed by atoms with van der Waals surface area (Å²) in [6.45, 7) is 12.7. The van der Waals surface area contributed by atoms with Gasteiger partial charge in [-0.3, -0.25) is 28.7 Å². The van der Waals surface area contributed by atoms with Crippen molar-refractivity contribution in [2.45, 2.75) is 152 Å². The van der Waals surface area contributed by atoms with Gasteiger partial charge in [0.1, 0.15) is 40.7 Å². The fourth-order valence-electron chi connectivity index (χ4n) is 9.01. The number of amides is 4. The number of nitrogens with zero attached hydrogens (tertiary/aromatic N) is 6. The number of hydrogen-bond acceptors (Lipinski definition) is 12. The number of aromatic nitrogens is 4. The van der Waals surface area contributed by atoms with Crippen LogP contribution in [0.15, 0.2) is 42.7 Å². The highest BCUT2D eigenvalue weighted by molar-refractivity contribution is 7.91.